The smallest absolute Gasteiger partial charge is 0.255 e. The van der Waals surface area contributed by atoms with Crippen LogP contribution in [0, 0.1) is 6.92 Å². The first-order chi connectivity index (χ1) is 8.56. The van der Waals surface area contributed by atoms with Gasteiger partial charge in [0.15, 0.2) is 0 Å². The lowest BCUT2D eigenvalue weighted by Crippen LogP contribution is -2.13. The van der Waals surface area contributed by atoms with Gasteiger partial charge in [-0.05, 0) is 42.8 Å². The monoisotopic (exact) mass is 280 g/mol. The second kappa shape index (κ2) is 5.38. The van der Waals surface area contributed by atoms with Crippen LogP contribution in [0.2, 0.25) is 10.2 Å². The van der Waals surface area contributed by atoms with Gasteiger partial charge >= 0.3 is 0 Å². The van der Waals surface area contributed by atoms with E-state index >= 15 is 0 Å². The van der Waals surface area contributed by atoms with Gasteiger partial charge in [0, 0.05) is 22.5 Å². The molecule has 0 spiro atoms. The van der Waals surface area contributed by atoms with Crippen molar-refractivity contribution in [2.45, 2.75) is 6.92 Å². The van der Waals surface area contributed by atoms with Gasteiger partial charge in [0.2, 0.25) is 0 Å². The van der Waals surface area contributed by atoms with Crippen molar-refractivity contribution in [2.75, 3.05) is 5.32 Å². The molecule has 0 saturated heterocycles. The molecule has 1 amide bonds. The van der Waals surface area contributed by atoms with E-state index in [0.717, 1.165) is 5.56 Å². The number of rotatable bonds is 2. The van der Waals surface area contributed by atoms with Crippen molar-refractivity contribution in [1.82, 2.24) is 4.98 Å². The Kier molecular flexibility index (Phi) is 3.84. The summed E-state index contributed by atoms with van der Waals surface area (Å²) < 4.78 is 0. The van der Waals surface area contributed by atoms with Gasteiger partial charge in [0.05, 0.1) is 0 Å². The van der Waals surface area contributed by atoms with Crippen LogP contribution in [0.3, 0.4) is 0 Å². The minimum Gasteiger partial charge on any atom is -0.322 e. The fraction of sp³-hybridized carbons (Fsp3) is 0.0769. The van der Waals surface area contributed by atoms with Crippen LogP contribution in [-0.4, -0.2) is 10.9 Å². The molecule has 0 saturated carbocycles. The van der Waals surface area contributed by atoms with Crippen LogP contribution in [-0.2, 0) is 0 Å². The summed E-state index contributed by atoms with van der Waals surface area (Å²) in [5.41, 5.74) is 2.00. The largest absolute Gasteiger partial charge is 0.322 e. The van der Waals surface area contributed by atoms with E-state index in [9.17, 15) is 4.79 Å². The maximum atomic E-state index is 12.0. The molecule has 0 unspecified atom stereocenters. The Labute approximate surface area is 115 Å². The molecule has 1 heterocycles. The number of carbonyl (C=O) groups is 1. The van der Waals surface area contributed by atoms with Crippen molar-refractivity contribution in [3.8, 4) is 0 Å². The molecule has 18 heavy (non-hydrogen) atoms. The molecule has 92 valence electrons. The van der Waals surface area contributed by atoms with E-state index < -0.39 is 0 Å². The van der Waals surface area contributed by atoms with Crippen LogP contribution in [0.1, 0.15) is 15.9 Å². The van der Waals surface area contributed by atoms with Crippen LogP contribution in [0.4, 0.5) is 5.69 Å². The van der Waals surface area contributed by atoms with E-state index in [-0.39, 0.29) is 5.91 Å². The third kappa shape index (κ3) is 3.00. The van der Waals surface area contributed by atoms with E-state index in [1.54, 1.807) is 30.3 Å². The summed E-state index contributed by atoms with van der Waals surface area (Å²) in [6.07, 6.45) is 1.53. The molecule has 0 radical (unpaired) electrons. The van der Waals surface area contributed by atoms with Gasteiger partial charge in [-0.25, -0.2) is 4.98 Å². The molecule has 0 fully saturated rings. The van der Waals surface area contributed by atoms with Crippen LogP contribution in [0.15, 0.2) is 36.5 Å². The number of hydrogen-bond donors (Lipinski definition) is 1. The second-order valence-corrected chi connectivity index (χ2v) is 4.60. The topological polar surface area (TPSA) is 42.0 Å². The van der Waals surface area contributed by atoms with E-state index in [1.165, 1.54) is 6.20 Å². The first-order valence-electron chi connectivity index (χ1n) is 5.25. The highest BCUT2D eigenvalue weighted by molar-refractivity contribution is 6.31. The standard InChI is InChI=1S/C13H10Cl2N2O/c1-8-6-9(14)2-3-11(8)13(18)17-10-4-5-16-12(15)7-10/h2-7H,1H3,(H,16,17,18). The molecule has 5 heteroatoms. The highest BCUT2D eigenvalue weighted by atomic mass is 35.5. The average Bonchev–Trinajstić information content (AvgIpc) is 2.28. The third-order valence-electron chi connectivity index (χ3n) is 2.42. The van der Waals surface area contributed by atoms with Gasteiger partial charge in [-0.3, -0.25) is 4.79 Å². The summed E-state index contributed by atoms with van der Waals surface area (Å²) in [5, 5.41) is 3.69. The first kappa shape index (κ1) is 12.9. The Bertz CT molecular complexity index is 599. The van der Waals surface area contributed by atoms with Crippen molar-refractivity contribution in [3.05, 3.63) is 57.8 Å². The number of pyridine rings is 1. The average molecular weight is 281 g/mol. The van der Waals surface area contributed by atoms with Crippen LogP contribution < -0.4 is 5.32 Å². The fourth-order valence-corrected chi connectivity index (χ4v) is 1.96. The van der Waals surface area contributed by atoms with Gasteiger partial charge in [-0.1, -0.05) is 23.2 Å². The van der Waals surface area contributed by atoms with Gasteiger partial charge < -0.3 is 5.32 Å². The lowest BCUT2D eigenvalue weighted by Gasteiger charge is -2.08. The molecule has 0 aliphatic heterocycles. The molecule has 0 bridgehead atoms. The summed E-state index contributed by atoms with van der Waals surface area (Å²) >= 11 is 11.6. The predicted octanol–water partition coefficient (Wildman–Crippen LogP) is 3.95. The zero-order valence-corrected chi connectivity index (χ0v) is 11.1. The maximum Gasteiger partial charge on any atom is 0.255 e. The summed E-state index contributed by atoms with van der Waals surface area (Å²) in [4.78, 5) is 15.9. The molecule has 3 nitrogen and oxygen atoms in total. The van der Waals surface area contributed by atoms with E-state index in [1.807, 2.05) is 6.92 Å². The number of aromatic nitrogens is 1. The first-order valence-corrected chi connectivity index (χ1v) is 6.01. The van der Waals surface area contributed by atoms with Gasteiger partial charge in [0.1, 0.15) is 5.15 Å². The molecule has 0 aliphatic carbocycles. The number of halogens is 2. The number of carbonyl (C=O) groups excluding carboxylic acids is 1. The Balaban J connectivity index is 2.22. The molecule has 2 rings (SSSR count). The Hall–Kier alpha value is -1.58. The summed E-state index contributed by atoms with van der Waals surface area (Å²) in [6, 6.07) is 8.38. The number of amides is 1. The lowest BCUT2D eigenvalue weighted by atomic mass is 10.1. The van der Waals surface area contributed by atoms with Crippen LogP contribution in [0.5, 0.6) is 0 Å². The number of aryl methyl sites for hydroxylation is 1. The molecular weight excluding hydrogens is 271 g/mol. The second-order valence-electron chi connectivity index (χ2n) is 3.78. The van der Waals surface area contributed by atoms with Crippen molar-refractivity contribution in [2.24, 2.45) is 0 Å². The lowest BCUT2D eigenvalue weighted by molar-refractivity contribution is 0.102. The minimum atomic E-state index is -0.202. The Morgan fingerprint density at radius 1 is 1.22 bits per heavy atom. The van der Waals surface area contributed by atoms with E-state index in [2.05, 4.69) is 10.3 Å². The third-order valence-corrected chi connectivity index (χ3v) is 2.86. The van der Waals surface area contributed by atoms with Gasteiger partial charge in [-0.2, -0.15) is 0 Å². The van der Waals surface area contributed by atoms with Crippen molar-refractivity contribution >= 4 is 34.8 Å². The summed E-state index contributed by atoms with van der Waals surface area (Å²) in [5.74, 6) is -0.202. The predicted molar refractivity (Wildman–Crippen MR) is 73.4 cm³/mol. The number of hydrogen-bond acceptors (Lipinski definition) is 2. The van der Waals surface area contributed by atoms with E-state index in [4.69, 9.17) is 23.2 Å². The number of nitrogens with one attached hydrogen (secondary N) is 1. The maximum absolute atomic E-state index is 12.0. The Morgan fingerprint density at radius 2 is 2.00 bits per heavy atom. The normalized spacial score (nSPS) is 10.2. The molecular formula is C13H10Cl2N2O. The van der Waals surface area contributed by atoms with Crippen molar-refractivity contribution in [1.29, 1.82) is 0 Å². The molecule has 2 aromatic rings. The minimum absolute atomic E-state index is 0.202. The van der Waals surface area contributed by atoms with Gasteiger partial charge in [-0.15, -0.1) is 0 Å². The van der Waals surface area contributed by atoms with Crippen molar-refractivity contribution < 1.29 is 4.79 Å². The van der Waals surface area contributed by atoms with Crippen LogP contribution >= 0.6 is 23.2 Å². The quantitative estimate of drug-likeness (QED) is 0.847. The Morgan fingerprint density at radius 3 is 2.67 bits per heavy atom. The number of benzene rings is 1. The molecule has 1 N–H and O–H groups in total. The highest BCUT2D eigenvalue weighted by Gasteiger charge is 2.09. The molecule has 1 aromatic heterocycles. The molecule has 1 aromatic carbocycles. The number of anilines is 1. The van der Waals surface area contributed by atoms with Gasteiger partial charge in [0.25, 0.3) is 5.91 Å². The molecule has 0 aliphatic rings. The summed E-state index contributed by atoms with van der Waals surface area (Å²) in [7, 11) is 0. The zero-order chi connectivity index (χ0) is 13.1. The SMILES string of the molecule is Cc1cc(Cl)ccc1C(=O)Nc1ccnc(Cl)c1. The molecule has 0 atom stereocenters. The highest BCUT2D eigenvalue weighted by Crippen LogP contribution is 2.18. The fourth-order valence-electron chi connectivity index (χ4n) is 1.56. The van der Waals surface area contributed by atoms with E-state index in [0.29, 0.717) is 21.4 Å². The number of nitrogens with zero attached hydrogens (tertiary/aromatic N) is 1. The van der Waals surface area contributed by atoms with Crippen molar-refractivity contribution in [3.63, 3.8) is 0 Å². The zero-order valence-electron chi connectivity index (χ0n) is 9.58. The summed E-state index contributed by atoms with van der Waals surface area (Å²) in [6.45, 7) is 1.83. The van der Waals surface area contributed by atoms with Crippen LogP contribution in [0.25, 0.3) is 0 Å².